The monoisotopic (exact) mass is 208 g/mol. The third-order valence-corrected chi connectivity index (χ3v) is 2.53. The smallest absolute Gasteiger partial charge is 0.173 e. The number of aryl methyl sites for hydroxylation is 1. The summed E-state index contributed by atoms with van der Waals surface area (Å²) in [6, 6.07) is 2.97. The summed E-state index contributed by atoms with van der Waals surface area (Å²) in [5, 5.41) is 9.80. The molecule has 15 heavy (non-hydrogen) atoms. The largest absolute Gasteiger partial charge is 0.387 e. The van der Waals surface area contributed by atoms with Crippen molar-refractivity contribution in [1.29, 1.82) is 0 Å². The van der Waals surface area contributed by atoms with E-state index in [0.717, 1.165) is 0 Å². The van der Waals surface area contributed by atoms with Crippen molar-refractivity contribution in [2.75, 3.05) is 0 Å². The predicted octanol–water partition coefficient (Wildman–Crippen LogP) is 2.23. The first-order chi connectivity index (χ1) is 7.15. The number of hydrogen-bond acceptors (Lipinski definition) is 2. The van der Waals surface area contributed by atoms with E-state index in [-0.39, 0.29) is 11.5 Å². The van der Waals surface area contributed by atoms with E-state index in [0.29, 0.717) is 17.8 Å². The van der Waals surface area contributed by atoms with Crippen LogP contribution in [0.5, 0.6) is 0 Å². The molecule has 1 atom stereocenters. The number of rotatable bonds is 2. The summed E-state index contributed by atoms with van der Waals surface area (Å²) >= 11 is 0. The van der Waals surface area contributed by atoms with Crippen LogP contribution in [0, 0.1) is 12.7 Å². The Balaban J connectivity index is 2.73. The van der Waals surface area contributed by atoms with E-state index in [4.69, 9.17) is 0 Å². The first-order valence-electron chi connectivity index (χ1n) is 4.96. The lowest BCUT2D eigenvalue weighted by Gasteiger charge is -2.08. The number of hydrogen-bond donors (Lipinski definition) is 1. The SMILES string of the molecule is CCC(O)c1c(C)nc2c(F)cccn12. The molecule has 0 aliphatic rings. The maximum Gasteiger partial charge on any atom is 0.173 e. The van der Waals surface area contributed by atoms with E-state index in [9.17, 15) is 9.50 Å². The molecule has 2 rings (SSSR count). The molecule has 1 unspecified atom stereocenters. The van der Waals surface area contributed by atoms with E-state index in [2.05, 4.69) is 4.98 Å². The number of fused-ring (bicyclic) bond motifs is 1. The first kappa shape index (κ1) is 10.1. The van der Waals surface area contributed by atoms with Crippen LogP contribution in [0.15, 0.2) is 18.3 Å². The maximum absolute atomic E-state index is 13.4. The normalized spacial score (nSPS) is 13.3. The van der Waals surface area contributed by atoms with E-state index in [1.165, 1.54) is 6.07 Å². The Bertz CT molecular complexity index is 493. The van der Waals surface area contributed by atoms with Gasteiger partial charge in [0.15, 0.2) is 11.5 Å². The fourth-order valence-electron chi connectivity index (χ4n) is 1.76. The van der Waals surface area contributed by atoms with Gasteiger partial charge in [0.2, 0.25) is 0 Å². The highest BCUT2D eigenvalue weighted by Gasteiger charge is 2.16. The number of halogens is 1. The highest BCUT2D eigenvalue weighted by atomic mass is 19.1. The van der Waals surface area contributed by atoms with Crippen LogP contribution in [-0.2, 0) is 0 Å². The number of nitrogens with zero attached hydrogens (tertiary/aromatic N) is 2. The summed E-state index contributed by atoms with van der Waals surface area (Å²) in [4.78, 5) is 4.11. The third-order valence-electron chi connectivity index (χ3n) is 2.53. The zero-order valence-electron chi connectivity index (χ0n) is 8.74. The van der Waals surface area contributed by atoms with Gasteiger partial charge in [0, 0.05) is 6.20 Å². The summed E-state index contributed by atoms with van der Waals surface area (Å²) < 4.78 is 15.0. The van der Waals surface area contributed by atoms with E-state index in [1.54, 1.807) is 23.6 Å². The molecule has 0 aromatic carbocycles. The van der Waals surface area contributed by atoms with Crippen molar-refractivity contribution in [3.05, 3.63) is 35.5 Å². The van der Waals surface area contributed by atoms with Gasteiger partial charge >= 0.3 is 0 Å². The topological polar surface area (TPSA) is 37.5 Å². The van der Waals surface area contributed by atoms with Gasteiger partial charge in [0.1, 0.15) is 0 Å². The lowest BCUT2D eigenvalue weighted by Crippen LogP contribution is -2.02. The summed E-state index contributed by atoms with van der Waals surface area (Å²) in [6.45, 7) is 3.66. The molecule has 0 radical (unpaired) electrons. The second-order valence-electron chi connectivity index (χ2n) is 3.56. The molecule has 0 saturated heterocycles. The fraction of sp³-hybridized carbons (Fsp3) is 0.364. The molecule has 2 aromatic heterocycles. The number of imidazole rings is 1. The highest BCUT2D eigenvalue weighted by molar-refractivity contribution is 5.45. The van der Waals surface area contributed by atoms with Gasteiger partial charge < -0.3 is 5.11 Å². The van der Waals surface area contributed by atoms with Gasteiger partial charge in [-0.3, -0.25) is 4.40 Å². The van der Waals surface area contributed by atoms with Gasteiger partial charge in [-0.15, -0.1) is 0 Å². The van der Waals surface area contributed by atoms with Crippen LogP contribution in [0.3, 0.4) is 0 Å². The lowest BCUT2D eigenvalue weighted by molar-refractivity contribution is 0.167. The molecule has 2 aromatic rings. The Kier molecular flexibility index (Phi) is 2.44. The third kappa shape index (κ3) is 1.51. The van der Waals surface area contributed by atoms with Crippen molar-refractivity contribution in [2.24, 2.45) is 0 Å². The Morgan fingerprint density at radius 2 is 2.33 bits per heavy atom. The Morgan fingerprint density at radius 3 is 3.00 bits per heavy atom. The van der Waals surface area contributed by atoms with Crippen molar-refractivity contribution in [3.8, 4) is 0 Å². The van der Waals surface area contributed by atoms with Crippen molar-refractivity contribution in [3.63, 3.8) is 0 Å². The van der Waals surface area contributed by atoms with Crippen LogP contribution in [-0.4, -0.2) is 14.5 Å². The molecular weight excluding hydrogens is 195 g/mol. The Labute approximate surface area is 87.2 Å². The number of aromatic nitrogens is 2. The molecule has 0 aliphatic heterocycles. The Morgan fingerprint density at radius 1 is 1.60 bits per heavy atom. The molecule has 0 bridgehead atoms. The lowest BCUT2D eigenvalue weighted by atomic mass is 10.2. The molecule has 0 aliphatic carbocycles. The van der Waals surface area contributed by atoms with Gasteiger partial charge in [-0.05, 0) is 25.5 Å². The molecule has 3 nitrogen and oxygen atoms in total. The minimum Gasteiger partial charge on any atom is -0.387 e. The maximum atomic E-state index is 13.4. The second kappa shape index (κ2) is 3.62. The quantitative estimate of drug-likeness (QED) is 0.821. The highest BCUT2D eigenvalue weighted by Crippen LogP contribution is 2.22. The Hall–Kier alpha value is -1.42. The van der Waals surface area contributed by atoms with Crippen LogP contribution in [0.25, 0.3) is 5.65 Å². The molecule has 0 fully saturated rings. The van der Waals surface area contributed by atoms with Gasteiger partial charge in [0.25, 0.3) is 0 Å². The van der Waals surface area contributed by atoms with Crippen molar-refractivity contribution in [1.82, 2.24) is 9.38 Å². The van der Waals surface area contributed by atoms with Crippen LogP contribution in [0.1, 0.15) is 30.8 Å². The number of aliphatic hydroxyl groups excluding tert-OH is 1. The summed E-state index contributed by atoms with van der Waals surface area (Å²) in [6.07, 6.45) is 1.71. The molecule has 80 valence electrons. The zero-order chi connectivity index (χ0) is 11.0. The summed E-state index contributed by atoms with van der Waals surface area (Å²) in [5.41, 5.74) is 1.62. The van der Waals surface area contributed by atoms with Gasteiger partial charge in [0.05, 0.1) is 17.5 Å². The van der Waals surface area contributed by atoms with E-state index < -0.39 is 6.10 Å². The second-order valence-corrected chi connectivity index (χ2v) is 3.56. The van der Waals surface area contributed by atoms with Gasteiger partial charge in [-0.25, -0.2) is 9.37 Å². The van der Waals surface area contributed by atoms with Crippen molar-refractivity contribution < 1.29 is 9.50 Å². The van der Waals surface area contributed by atoms with Gasteiger partial charge in [-0.1, -0.05) is 6.92 Å². The molecular formula is C11H13FN2O. The average Bonchev–Trinajstić information content (AvgIpc) is 2.55. The van der Waals surface area contributed by atoms with Crippen molar-refractivity contribution in [2.45, 2.75) is 26.4 Å². The number of aliphatic hydroxyl groups is 1. The zero-order valence-corrected chi connectivity index (χ0v) is 8.74. The van der Waals surface area contributed by atoms with E-state index in [1.807, 2.05) is 6.92 Å². The van der Waals surface area contributed by atoms with Crippen LogP contribution in [0.4, 0.5) is 4.39 Å². The van der Waals surface area contributed by atoms with Crippen LogP contribution < -0.4 is 0 Å². The van der Waals surface area contributed by atoms with E-state index >= 15 is 0 Å². The van der Waals surface area contributed by atoms with Crippen LogP contribution in [0.2, 0.25) is 0 Å². The van der Waals surface area contributed by atoms with Crippen LogP contribution >= 0.6 is 0 Å². The summed E-state index contributed by atoms with van der Waals surface area (Å²) in [5.74, 6) is -0.366. The average molecular weight is 208 g/mol. The van der Waals surface area contributed by atoms with Gasteiger partial charge in [-0.2, -0.15) is 0 Å². The molecule has 0 saturated carbocycles. The summed E-state index contributed by atoms with van der Waals surface area (Å²) in [7, 11) is 0. The first-order valence-corrected chi connectivity index (χ1v) is 4.96. The minimum atomic E-state index is -0.596. The molecule has 0 amide bonds. The molecule has 4 heteroatoms. The standard InChI is InChI=1S/C11H13FN2O/c1-3-9(15)10-7(2)13-11-8(12)5-4-6-14(10)11/h4-6,9,15H,3H2,1-2H3. The number of pyridine rings is 1. The minimum absolute atomic E-state index is 0.275. The van der Waals surface area contributed by atoms with Crippen molar-refractivity contribution >= 4 is 5.65 Å². The molecule has 2 heterocycles. The fourth-order valence-corrected chi connectivity index (χ4v) is 1.76. The predicted molar refractivity (Wildman–Crippen MR) is 55.1 cm³/mol. The molecule has 0 spiro atoms. The molecule has 1 N–H and O–H groups in total.